The zero-order valence-corrected chi connectivity index (χ0v) is 9.57. The van der Waals surface area contributed by atoms with E-state index in [1.54, 1.807) is 0 Å². The van der Waals surface area contributed by atoms with Crippen LogP contribution in [0.2, 0.25) is 0 Å². The zero-order valence-electron chi connectivity index (χ0n) is 8.82. The lowest BCUT2D eigenvalue weighted by Gasteiger charge is -2.20. The summed E-state index contributed by atoms with van der Waals surface area (Å²) in [5.74, 6) is 0. The van der Waals surface area contributed by atoms with Crippen molar-refractivity contribution in [1.82, 2.24) is 0 Å². The predicted octanol–water partition coefficient (Wildman–Crippen LogP) is 4.03. The maximum absolute atomic E-state index is 6.29. The summed E-state index contributed by atoms with van der Waals surface area (Å²) in [5.41, 5.74) is 3.98. The van der Waals surface area contributed by atoms with Gasteiger partial charge in [-0.2, -0.15) is 0 Å². The van der Waals surface area contributed by atoms with E-state index in [-0.39, 0.29) is 4.87 Å². The molecule has 0 bridgehead atoms. The fourth-order valence-electron chi connectivity index (χ4n) is 1.71. The second kappa shape index (κ2) is 3.71. The van der Waals surface area contributed by atoms with Crippen molar-refractivity contribution in [1.29, 1.82) is 0 Å². The van der Waals surface area contributed by atoms with Gasteiger partial charge in [-0.25, -0.2) is 0 Å². The van der Waals surface area contributed by atoms with Crippen molar-refractivity contribution in [3.05, 3.63) is 34.9 Å². The molecule has 0 nitrogen and oxygen atoms in total. The summed E-state index contributed by atoms with van der Waals surface area (Å²) in [7, 11) is 0. The summed E-state index contributed by atoms with van der Waals surface area (Å²) in [6.45, 7) is 8.40. The first-order valence-electron chi connectivity index (χ1n) is 4.74. The lowest BCUT2D eigenvalue weighted by atomic mass is 9.93. The largest absolute Gasteiger partial charge is 0.115 e. The average Bonchev–Trinajstić information content (AvgIpc) is 2.02. The van der Waals surface area contributed by atoms with Gasteiger partial charge in [0.05, 0.1) is 4.87 Å². The molecule has 1 heteroatoms. The van der Waals surface area contributed by atoms with E-state index in [1.165, 1.54) is 16.7 Å². The van der Waals surface area contributed by atoms with Crippen molar-refractivity contribution < 1.29 is 0 Å². The molecule has 0 unspecified atom stereocenters. The Morgan fingerprint density at radius 3 is 2.38 bits per heavy atom. The Hall–Kier alpha value is -0.490. The molecule has 0 radical (unpaired) electrons. The lowest BCUT2D eigenvalue weighted by molar-refractivity contribution is 0.755. The molecule has 0 aliphatic carbocycles. The molecule has 0 N–H and O–H groups in total. The predicted molar refractivity (Wildman–Crippen MR) is 59.4 cm³/mol. The van der Waals surface area contributed by atoms with E-state index in [9.17, 15) is 0 Å². The highest BCUT2D eigenvalue weighted by Gasteiger charge is 2.19. The molecule has 0 spiro atoms. The van der Waals surface area contributed by atoms with Crippen LogP contribution >= 0.6 is 11.6 Å². The van der Waals surface area contributed by atoms with Crippen LogP contribution in [-0.2, 0) is 11.3 Å². The molecule has 1 aromatic carbocycles. The minimum absolute atomic E-state index is 0.255. The van der Waals surface area contributed by atoms with Gasteiger partial charge in [-0.3, -0.25) is 0 Å². The van der Waals surface area contributed by atoms with Gasteiger partial charge in [0.1, 0.15) is 0 Å². The van der Waals surface area contributed by atoms with Crippen LogP contribution in [0.4, 0.5) is 0 Å². The molecule has 0 fully saturated rings. The van der Waals surface area contributed by atoms with Crippen LogP contribution < -0.4 is 0 Å². The van der Waals surface area contributed by atoms with E-state index >= 15 is 0 Å². The van der Waals surface area contributed by atoms with E-state index in [0.717, 1.165) is 6.42 Å². The highest BCUT2D eigenvalue weighted by molar-refractivity contribution is 6.23. The Bertz CT molecular complexity index is 294. The van der Waals surface area contributed by atoms with Crippen molar-refractivity contribution in [2.75, 3.05) is 0 Å². The van der Waals surface area contributed by atoms with Crippen LogP contribution in [-0.4, -0.2) is 0 Å². The van der Waals surface area contributed by atoms with Gasteiger partial charge >= 0.3 is 0 Å². The number of rotatable bonds is 2. The van der Waals surface area contributed by atoms with Crippen LogP contribution in [0.25, 0.3) is 0 Å². The van der Waals surface area contributed by atoms with Crippen molar-refractivity contribution in [2.24, 2.45) is 0 Å². The molecule has 0 aromatic heterocycles. The van der Waals surface area contributed by atoms with Gasteiger partial charge in [-0.15, -0.1) is 11.6 Å². The molecular weight excluding hydrogens is 180 g/mol. The SMILES string of the molecule is CCc1cccc(C(C)(C)Cl)c1C. The normalized spacial score (nSPS) is 11.8. The van der Waals surface area contributed by atoms with Gasteiger partial charge < -0.3 is 0 Å². The quantitative estimate of drug-likeness (QED) is 0.627. The summed E-state index contributed by atoms with van der Waals surface area (Å²) in [6, 6.07) is 6.37. The number of hydrogen-bond donors (Lipinski definition) is 0. The average molecular weight is 197 g/mol. The molecule has 0 saturated carbocycles. The highest BCUT2D eigenvalue weighted by Crippen LogP contribution is 2.31. The number of alkyl halides is 1. The van der Waals surface area contributed by atoms with Gasteiger partial charge in [0, 0.05) is 0 Å². The van der Waals surface area contributed by atoms with Crippen LogP contribution in [0, 0.1) is 6.92 Å². The van der Waals surface area contributed by atoms with E-state index in [1.807, 2.05) is 13.8 Å². The third-order valence-corrected chi connectivity index (χ3v) is 2.67. The summed E-state index contributed by atoms with van der Waals surface area (Å²) in [4.78, 5) is -0.255. The van der Waals surface area contributed by atoms with Crippen LogP contribution in [0.5, 0.6) is 0 Å². The van der Waals surface area contributed by atoms with Crippen molar-refractivity contribution in [2.45, 2.75) is 39.0 Å². The first kappa shape index (κ1) is 10.6. The smallest absolute Gasteiger partial charge is 0.0641 e. The topological polar surface area (TPSA) is 0 Å². The monoisotopic (exact) mass is 196 g/mol. The molecular formula is C12H17Cl. The first-order chi connectivity index (χ1) is 5.96. The maximum atomic E-state index is 6.29. The molecule has 1 rings (SSSR count). The number of halogens is 1. The minimum Gasteiger partial charge on any atom is -0.115 e. The number of benzene rings is 1. The van der Waals surface area contributed by atoms with Crippen molar-refractivity contribution in [3.63, 3.8) is 0 Å². The maximum Gasteiger partial charge on any atom is 0.0641 e. The number of aryl methyl sites for hydroxylation is 1. The second-order valence-corrected chi connectivity index (χ2v) is 4.86. The van der Waals surface area contributed by atoms with Gasteiger partial charge in [-0.1, -0.05) is 25.1 Å². The Balaban J connectivity index is 3.24. The second-order valence-electron chi connectivity index (χ2n) is 3.92. The van der Waals surface area contributed by atoms with Crippen LogP contribution in [0.3, 0.4) is 0 Å². The molecule has 13 heavy (non-hydrogen) atoms. The summed E-state index contributed by atoms with van der Waals surface area (Å²) < 4.78 is 0. The molecule has 1 aromatic rings. The minimum atomic E-state index is -0.255. The molecule has 0 atom stereocenters. The van der Waals surface area contributed by atoms with E-state index in [4.69, 9.17) is 11.6 Å². The lowest BCUT2D eigenvalue weighted by Crippen LogP contribution is -2.10. The molecule has 0 amide bonds. The fraction of sp³-hybridized carbons (Fsp3) is 0.500. The molecule has 0 aliphatic rings. The first-order valence-corrected chi connectivity index (χ1v) is 5.12. The van der Waals surface area contributed by atoms with Gasteiger partial charge in [0.25, 0.3) is 0 Å². The van der Waals surface area contributed by atoms with E-state index in [0.29, 0.717) is 0 Å². The van der Waals surface area contributed by atoms with Crippen molar-refractivity contribution >= 4 is 11.6 Å². The van der Waals surface area contributed by atoms with Crippen molar-refractivity contribution in [3.8, 4) is 0 Å². The van der Waals surface area contributed by atoms with Crippen LogP contribution in [0.15, 0.2) is 18.2 Å². The van der Waals surface area contributed by atoms with Gasteiger partial charge in [-0.05, 0) is 43.9 Å². The number of hydrogen-bond acceptors (Lipinski definition) is 0. The fourth-order valence-corrected chi connectivity index (χ4v) is 1.92. The summed E-state index contributed by atoms with van der Waals surface area (Å²) >= 11 is 6.29. The van der Waals surface area contributed by atoms with E-state index < -0.39 is 0 Å². The molecule has 72 valence electrons. The summed E-state index contributed by atoms with van der Waals surface area (Å²) in [5, 5.41) is 0. The standard InChI is InChI=1S/C12H17Cl/c1-5-10-7-6-8-11(9(10)2)12(3,4)13/h6-8H,5H2,1-4H3. The third kappa shape index (κ3) is 2.25. The Morgan fingerprint density at radius 1 is 1.31 bits per heavy atom. The highest BCUT2D eigenvalue weighted by atomic mass is 35.5. The molecule has 0 heterocycles. The Morgan fingerprint density at radius 2 is 1.92 bits per heavy atom. The Labute approximate surface area is 85.9 Å². The van der Waals surface area contributed by atoms with E-state index in [2.05, 4.69) is 32.0 Å². The zero-order chi connectivity index (χ0) is 10.1. The van der Waals surface area contributed by atoms with Gasteiger partial charge in [0.2, 0.25) is 0 Å². The molecule has 0 aliphatic heterocycles. The summed E-state index contributed by atoms with van der Waals surface area (Å²) in [6.07, 6.45) is 1.08. The third-order valence-electron chi connectivity index (χ3n) is 2.47. The molecule has 0 saturated heterocycles. The van der Waals surface area contributed by atoms with Gasteiger partial charge in [0.15, 0.2) is 0 Å². The Kier molecular flexibility index (Phi) is 3.02. The van der Waals surface area contributed by atoms with Crippen LogP contribution in [0.1, 0.15) is 37.5 Å².